The Morgan fingerprint density at radius 2 is 1.84 bits per heavy atom. The van der Waals surface area contributed by atoms with Crippen molar-refractivity contribution >= 4 is 50.8 Å². The number of para-hydroxylation sites is 1. The molecule has 4 aromatic rings. The molecule has 3 heterocycles. The Balaban J connectivity index is 1.10. The highest BCUT2D eigenvalue weighted by Gasteiger charge is 2.23. The number of thioether (sulfide) groups is 1. The van der Waals surface area contributed by atoms with Gasteiger partial charge in [-0.2, -0.15) is 4.98 Å². The second-order valence-electron chi connectivity index (χ2n) is 7.41. The van der Waals surface area contributed by atoms with Crippen LogP contribution in [0.15, 0.2) is 57.4 Å². The molecule has 0 saturated carbocycles. The van der Waals surface area contributed by atoms with E-state index in [1.165, 1.54) is 11.8 Å². The van der Waals surface area contributed by atoms with Crippen molar-refractivity contribution < 1.29 is 9.32 Å². The highest BCUT2D eigenvalue weighted by molar-refractivity contribution is 8.01. The lowest BCUT2D eigenvalue weighted by Gasteiger charge is -2.33. The van der Waals surface area contributed by atoms with E-state index in [2.05, 4.69) is 26.1 Å². The van der Waals surface area contributed by atoms with E-state index in [9.17, 15) is 4.79 Å². The highest BCUT2D eigenvalue weighted by atomic mass is 35.5. The Hall–Kier alpha value is -2.46. The molecule has 1 saturated heterocycles. The maximum Gasteiger partial charge on any atom is 0.241 e. The van der Waals surface area contributed by atoms with Gasteiger partial charge in [-0.05, 0) is 36.4 Å². The monoisotopic (exact) mass is 485 g/mol. The summed E-state index contributed by atoms with van der Waals surface area (Å²) in [5, 5.41) is 4.74. The van der Waals surface area contributed by atoms with Crippen LogP contribution in [-0.4, -0.2) is 62.8 Å². The predicted octanol–water partition coefficient (Wildman–Crippen LogP) is 4.44. The van der Waals surface area contributed by atoms with Gasteiger partial charge >= 0.3 is 0 Å². The molecule has 0 spiro atoms. The second-order valence-corrected chi connectivity index (χ2v) is 10.1. The van der Waals surface area contributed by atoms with Gasteiger partial charge in [0, 0.05) is 36.8 Å². The molecule has 5 rings (SSSR count). The molecular formula is C22H20ClN5O2S2. The molecule has 0 radical (unpaired) electrons. The number of carbonyl (C=O) groups excluding carboxylic acids is 1. The lowest BCUT2D eigenvalue weighted by atomic mass is 10.2. The Morgan fingerprint density at radius 3 is 2.62 bits per heavy atom. The number of aromatic nitrogens is 3. The van der Waals surface area contributed by atoms with Crippen LogP contribution in [0.3, 0.4) is 0 Å². The van der Waals surface area contributed by atoms with E-state index in [1.54, 1.807) is 23.5 Å². The summed E-state index contributed by atoms with van der Waals surface area (Å²) in [5.41, 5.74) is 1.85. The zero-order chi connectivity index (χ0) is 21.9. The highest BCUT2D eigenvalue weighted by Crippen LogP contribution is 2.29. The Bertz CT molecular complexity index is 1190. The number of carbonyl (C=O) groups is 1. The minimum atomic E-state index is 0.150. The van der Waals surface area contributed by atoms with Crippen molar-refractivity contribution in [3.05, 3.63) is 59.4 Å². The number of amides is 1. The van der Waals surface area contributed by atoms with Gasteiger partial charge in [0.1, 0.15) is 0 Å². The molecule has 1 fully saturated rings. The summed E-state index contributed by atoms with van der Waals surface area (Å²) in [6.07, 6.45) is 0. The van der Waals surface area contributed by atoms with Gasteiger partial charge < -0.3 is 9.42 Å². The van der Waals surface area contributed by atoms with Crippen molar-refractivity contribution in [1.82, 2.24) is 24.9 Å². The Labute approximate surface area is 198 Å². The largest absolute Gasteiger partial charge is 0.339 e. The summed E-state index contributed by atoms with van der Waals surface area (Å²) in [6.45, 7) is 3.50. The molecule has 1 aliphatic heterocycles. The second kappa shape index (κ2) is 9.58. The van der Waals surface area contributed by atoms with Crippen LogP contribution in [0, 0.1) is 0 Å². The SMILES string of the molecule is O=C(CSc1nc2ccccc2s1)N1CCN(Cc2nc(-c3ccc(Cl)cc3)no2)CC1. The van der Waals surface area contributed by atoms with Crippen molar-refractivity contribution in [2.24, 2.45) is 0 Å². The summed E-state index contributed by atoms with van der Waals surface area (Å²) in [4.78, 5) is 25.9. The number of hydrogen-bond acceptors (Lipinski definition) is 8. The van der Waals surface area contributed by atoms with Crippen LogP contribution >= 0.6 is 34.7 Å². The fourth-order valence-corrected chi connectivity index (χ4v) is 5.61. The Morgan fingerprint density at radius 1 is 1.06 bits per heavy atom. The minimum Gasteiger partial charge on any atom is -0.339 e. The first-order chi connectivity index (χ1) is 15.6. The number of nitrogens with zero attached hydrogens (tertiary/aromatic N) is 5. The van der Waals surface area contributed by atoms with E-state index >= 15 is 0 Å². The maximum atomic E-state index is 12.6. The van der Waals surface area contributed by atoms with Gasteiger partial charge in [-0.3, -0.25) is 9.69 Å². The van der Waals surface area contributed by atoms with E-state index in [4.69, 9.17) is 16.1 Å². The van der Waals surface area contributed by atoms with E-state index in [0.717, 1.165) is 33.2 Å². The smallest absolute Gasteiger partial charge is 0.241 e. The van der Waals surface area contributed by atoms with E-state index in [0.29, 0.717) is 42.1 Å². The number of piperazine rings is 1. The van der Waals surface area contributed by atoms with Crippen LogP contribution in [0.2, 0.25) is 5.02 Å². The lowest BCUT2D eigenvalue weighted by molar-refractivity contribution is -0.130. The van der Waals surface area contributed by atoms with Gasteiger partial charge in [-0.25, -0.2) is 4.98 Å². The Kier molecular flexibility index (Phi) is 6.40. The molecule has 0 unspecified atom stereocenters. The van der Waals surface area contributed by atoms with Crippen LogP contribution in [0.5, 0.6) is 0 Å². The molecule has 1 aliphatic rings. The molecule has 0 bridgehead atoms. The van der Waals surface area contributed by atoms with Crippen LogP contribution < -0.4 is 0 Å². The standard InChI is InChI=1S/C22H20ClN5O2S2/c23-16-7-5-15(6-8-16)21-25-19(30-26-21)13-27-9-11-28(12-10-27)20(29)14-31-22-24-17-3-1-2-4-18(17)32-22/h1-8H,9-14H2. The topological polar surface area (TPSA) is 75.4 Å². The van der Waals surface area contributed by atoms with Crippen LogP contribution in [0.1, 0.15) is 5.89 Å². The molecule has 2 aromatic heterocycles. The zero-order valence-electron chi connectivity index (χ0n) is 17.1. The summed E-state index contributed by atoms with van der Waals surface area (Å²) in [5.74, 6) is 1.68. The molecule has 2 aromatic carbocycles. The van der Waals surface area contributed by atoms with Gasteiger partial charge in [0.25, 0.3) is 0 Å². The van der Waals surface area contributed by atoms with E-state index in [1.807, 2.05) is 35.2 Å². The number of rotatable bonds is 6. The summed E-state index contributed by atoms with van der Waals surface area (Å²) in [7, 11) is 0. The molecule has 0 N–H and O–H groups in total. The number of halogens is 1. The normalized spacial score (nSPS) is 14.8. The number of fused-ring (bicyclic) bond motifs is 1. The third-order valence-corrected chi connectivity index (χ3v) is 7.66. The lowest BCUT2D eigenvalue weighted by Crippen LogP contribution is -2.48. The molecule has 164 valence electrons. The molecule has 0 atom stereocenters. The quantitative estimate of drug-likeness (QED) is 0.374. The van der Waals surface area contributed by atoms with Crippen molar-refractivity contribution in [2.75, 3.05) is 31.9 Å². The van der Waals surface area contributed by atoms with Crippen molar-refractivity contribution in [3.63, 3.8) is 0 Å². The molecule has 0 aliphatic carbocycles. The van der Waals surface area contributed by atoms with E-state index in [-0.39, 0.29) is 5.91 Å². The summed E-state index contributed by atoms with van der Waals surface area (Å²) < 4.78 is 7.50. The van der Waals surface area contributed by atoms with Gasteiger partial charge in [-0.1, -0.05) is 40.7 Å². The van der Waals surface area contributed by atoms with Crippen LogP contribution in [0.4, 0.5) is 0 Å². The maximum absolute atomic E-state index is 12.6. The first kappa shape index (κ1) is 21.4. The average molecular weight is 486 g/mol. The van der Waals surface area contributed by atoms with Crippen LogP contribution in [0.25, 0.3) is 21.6 Å². The summed E-state index contributed by atoms with van der Waals surface area (Å²) >= 11 is 9.08. The van der Waals surface area contributed by atoms with Gasteiger partial charge in [-0.15, -0.1) is 11.3 Å². The average Bonchev–Trinajstić information content (AvgIpc) is 3.45. The third kappa shape index (κ3) is 4.96. The molecule has 32 heavy (non-hydrogen) atoms. The van der Waals surface area contributed by atoms with E-state index < -0.39 is 0 Å². The first-order valence-corrected chi connectivity index (χ1v) is 12.4. The fraction of sp³-hybridized carbons (Fsp3) is 0.273. The zero-order valence-corrected chi connectivity index (χ0v) is 19.5. The number of hydrogen-bond donors (Lipinski definition) is 0. The number of thiazole rings is 1. The number of benzene rings is 2. The van der Waals surface area contributed by atoms with Crippen LogP contribution in [-0.2, 0) is 11.3 Å². The van der Waals surface area contributed by atoms with Gasteiger partial charge in [0.05, 0.1) is 22.5 Å². The fourth-order valence-electron chi connectivity index (χ4n) is 3.51. The molecule has 7 nitrogen and oxygen atoms in total. The van der Waals surface area contributed by atoms with Gasteiger partial charge in [0.2, 0.25) is 17.6 Å². The van der Waals surface area contributed by atoms with Crippen molar-refractivity contribution in [3.8, 4) is 11.4 Å². The first-order valence-electron chi connectivity index (χ1n) is 10.2. The third-order valence-electron chi connectivity index (χ3n) is 5.25. The van der Waals surface area contributed by atoms with Crippen molar-refractivity contribution in [2.45, 2.75) is 10.9 Å². The van der Waals surface area contributed by atoms with Gasteiger partial charge in [0.15, 0.2) is 4.34 Å². The minimum absolute atomic E-state index is 0.150. The molecular weight excluding hydrogens is 466 g/mol. The molecule has 1 amide bonds. The van der Waals surface area contributed by atoms with Crippen molar-refractivity contribution in [1.29, 1.82) is 0 Å². The predicted molar refractivity (Wildman–Crippen MR) is 127 cm³/mol. The molecule has 10 heteroatoms. The summed E-state index contributed by atoms with van der Waals surface area (Å²) in [6, 6.07) is 15.4.